The van der Waals surface area contributed by atoms with Gasteiger partial charge in [-0.15, -0.1) is 0 Å². The van der Waals surface area contributed by atoms with Gasteiger partial charge < -0.3 is 19.4 Å². The fourth-order valence-corrected chi connectivity index (χ4v) is 4.03. The van der Waals surface area contributed by atoms with E-state index in [0.29, 0.717) is 11.3 Å². The van der Waals surface area contributed by atoms with E-state index in [1.165, 1.54) is 5.56 Å². The average Bonchev–Trinajstić information content (AvgIpc) is 3.40. The van der Waals surface area contributed by atoms with Crippen molar-refractivity contribution in [2.45, 2.75) is 20.8 Å². The third-order valence-electron chi connectivity index (χ3n) is 5.94. The molecule has 0 fully saturated rings. The number of hydrogen-bond donors (Lipinski definition) is 1. The van der Waals surface area contributed by atoms with E-state index in [4.69, 9.17) is 9.47 Å². The number of ether oxygens (including phenoxy) is 2. The third kappa shape index (κ3) is 3.52. The minimum absolute atomic E-state index is 0.137. The first-order chi connectivity index (χ1) is 15.5. The van der Waals surface area contributed by atoms with Gasteiger partial charge in [-0.3, -0.25) is 4.79 Å². The number of aryl methyl sites for hydroxylation is 2. The smallest absolute Gasteiger partial charge is 0.257 e. The Morgan fingerprint density at radius 2 is 1.62 bits per heavy atom. The highest BCUT2D eigenvalue weighted by molar-refractivity contribution is 6.06. The van der Waals surface area contributed by atoms with Crippen LogP contribution in [0.15, 0.2) is 72.8 Å². The second-order valence-electron chi connectivity index (χ2n) is 8.02. The van der Waals surface area contributed by atoms with Gasteiger partial charge in [0.1, 0.15) is 0 Å². The van der Waals surface area contributed by atoms with E-state index < -0.39 is 0 Å². The number of anilines is 1. The number of benzene rings is 3. The number of hydrogen-bond acceptors (Lipinski definition) is 3. The van der Waals surface area contributed by atoms with E-state index in [2.05, 4.69) is 16.8 Å². The Kier molecular flexibility index (Phi) is 4.94. The standard InChI is InChI=1S/C27H24N2O3/c1-17-9-10-21(13-18(17)2)28-27(30)23-15-24(20-7-5-4-6-8-20)29(19(23)3)22-11-12-25-26(14-22)32-16-31-25/h4-15H,16H2,1-3H3,(H,28,30). The summed E-state index contributed by atoms with van der Waals surface area (Å²) in [4.78, 5) is 13.3. The second-order valence-corrected chi connectivity index (χ2v) is 8.02. The summed E-state index contributed by atoms with van der Waals surface area (Å²) < 4.78 is 13.1. The van der Waals surface area contributed by atoms with Gasteiger partial charge in [0.05, 0.1) is 11.3 Å². The van der Waals surface area contributed by atoms with Gasteiger partial charge in [0.15, 0.2) is 11.5 Å². The zero-order chi connectivity index (χ0) is 22.2. The van der Waals surface area contributed by atoms with Crippen LogP contribution < -0.4 is 14.8 Å². The molecule has 32 heavy (non-hydrogen) atoms. The van der Waals surface area contributed by atoms with E-state index in [0.717, 1.165) is 39.6 Å². The van der Waals surface area contributed by atoms with Crippen molar-refractivity contribution in [1.29, 1.82) is 0 Å². The van der Waals surface area contributed by atoms with E-state index in [9.17, 15) is 4.79 Å². The van der Waals surface area contributed by atoms with Gasteiger partial charge in [-0.1, -0.05) is 36.4 Å². The molecule has 0 bridgehead atoms. The lowest BCUT2D eigenvalue weighted by atomic mass is 10.1. The largest absolute Gasteiger partial charge is 0.454 e. The summed E-state index contributed by atoms with van der Waals surface area (Å²) in [5.41, 5.74) is 7.47. The van der Waals surface area contributed by atoms with Crippen molar-refractivity contribution in [2.24, 2.45) is 0 Å². The third-order valence-corrected chi connectivity index (χ3v) is 5.94. The molecule has 160 valence electrons. The molecule has 5 nitrogen and oxygen atoms in total. The molecule has 0 saturated carbocycles. The summed E-state index contributed by atoms with van der Waals surface area (Å²) in [7, 11) is 0. The minimum atomic E-state index is -0.137. The molecule has 1 amide bonds. The van der Waals surface area contributed by atoms with Crippen molar-refractivity contribution in [3.8, 4) is 28.4 Å². The van der Waals surface area contributed by atoms with Crippen LogP contribution in [-0.4, -0.2) is 17.3 Å². The molecule has 0 aliphatic carbocycles. The maximum atomic E-state index is 13.3. The first-order valence-corrected chi connectivity index (χ1v) is 10.6. The van der Waals surface area contributed by atoms with Crippen LogP contribution in [0.1, 0.15) is 27.2 Å². The van der Waals surface area contributed by atoms with Gasteiger partial charge in [-0.05, 0) is 67.8 Å². The molecule has 1 N–H and O–H groups in total. The summed E-state index contributed by atoms with van der Waals surface area (Å²) in [5.74, 6) is 1.30. The molecule has 5 rings (SSSR count). The van der Waals surface area contributed by atoms with Crippen LogP contribution in [0.4, 0.5) is 5.69 Å². The first-order valence-electron chi connectivity index (χ1n) is 10.6. The van der Waals surface area contributed by atoms with Gasteiger partial charge in [0, 0.05) is 23.1 Å². The fourth-order valence-electron chi connectivity index (χ4n) is 4.03. The Labute approximate surface area is 187 Å². The number of aromatic nitrogens is 1. The SMILES string of the molecule is Cc1ccc(NC(=O)c2cc(-c3ccccc3)n(-c3ccc4c(c3)OCO4)c2C)cc1C. The van der Waals surface area contributed by atoms with Crippen LogP contribution in [-0.2, 0) is 0 Å². The van der Waals surface area contributed by atoms with Crippen LogP contribution >= 0.6 is 0 Å². The molecule has 0 unspecified atom stereocenters. The normalized spacial score (nSPS) is 12.1. The lowest BCUT2D eigenvalue weighted by Gasteiger charge is -2.13. The number of nitrogens with one attached hydrogen (secondary N) is 1. The number of amides is 1. The van der Waals surface area contributed by atoms with Crippen LogP contribution in [0.5, 0.6) is 11.5 Å². The zero-order valence-electron chi connectivity index (χ0n) is 18.3. The molecule has 3 aromatic carbocycles. The Hall–Kier alpha value is -3.99. The minimum Gasteiger partial charge on any atom is -0.454 e. The van der Waals surface area contributed by atoms with Gasteiger partial charge in [0.2, 0.25) is 6.79 Å². The maximum Gasteiger partial charge on any atom is 0.257 e. The van der Waals surface area contributed by atoms with Crippen LogP contribution in [0.25, 0.3) is 16.9 Å². The van der Waals surface area contributed by atoms with Gasteiger partial charge in [0.25, 0.3) is 5.91 Å². The summed E-state index contributed by atoms with van der Waals surface area (Å²) >= 11 is 0. The van der Waals surface area contributed by atoms with Gasteiger partial charge >= 0.3 is 0 Å². The highest BCUT2D eigenvalue weighted by atomic mass is 16.7. The number of fused-ring (bicyclic) bond motifs is 1. The Bertz CT molecular complexity index is 1320. The van der Waals surface area contributed by atoms with Crippen molar-refractivity contribution < 1.29 is 14.3 Å². The van der Waals surface area contributed by atoms with Crippen molar-refractivity contribution in [3.05, 3.63) is 95.2 Å². The number of rotatable bonds is 4. The monoisotopic (exact) mass is 424 g/mol. The van der Waals surface area contributed by atoms with E-state index in [1.54, 1.807) is 0 Å². The Morgan fingerprint density at radius 3 is 2.41 bits per heavy atom. The van der Waals surface area contributed by atoms with Crippen LogP contribution in [0, 0.1) is 20.8 Å². The molecule has 0 radical (unpaired) electrons. The number of nitrogens with zero attached hydrogens (tertiary/aromatic N) is 1. The average molecular weight is 425 g/mol. The first kappa shape index (κ1) is 19.9. The van der Waals surface area contributed by atoms with Gasteiger partial charge in [-0.2, -0.15) is 0 Å². The molecular weight excluding hydrogens is 400 g/mol. The van der Waals surface area contributed by atoms with Crippen LogP contribution in [0.3, 0.4) is 0 Å². The predicted octanol–water partition coefficient (Wildman–Crippen LogP) is 6.05. The van der Waals surface area contributed by atoms with Crippen molar-refractivity contribution in [2.75, 3.05) is 12.1 Å². The molecule has 1 aliphatic rings. The number of carbonyl (C=O) groups excluding carboxylic acids is 1. The molecule has 2 heterocycles. The zero-order valence-corrected chi connectivity index (χ0v) is 18.3. The lowest BCUT2D eigenvalue weighted by molar-refractivity contribution is 0.102. The highest BCUT2D eigenvalue weighted by Gasteiger charge is 2.22. The molecular formula is C27H24N2O3. The fraction of sp³-hybridized carbons (Fsp3) is 0.148. The van der Waals surface area contributed by atoms with E-state index in [1.807, 2.05) is 86.6 Å². The van der Waals surface area contributed by atoms with E-state index >= 15 is 0 Å². The summed E-state index contributed by atoms with van der Waals surface area (Å²) in [6.07, 6.45) is 0. The molecule has 0 spiro atoms. The van der Waals surface area contributed by atoms with E-state index in [-0.39, 0.29) is 12.7 Å². The van der Waals surface area contributed by atoms with Crippen molar-refractivity contribution in [1.82, 2.24) is 4.57 Å². The second kappa shape index (κ2) is 7.93. The molecule has 1 aliphatic heterocycles. The van der Waals surface area contributed by atoms with Crippen LogP contribution in [0.2, 0.25) is 0 Å². The summed E-state index contributed by atoms with van der Waals surface area (Å²) in [6, 6.07) is 23.8. The van der Waals surface area contributed by atoms with Gasteiger partial charge in [-0.25, -0.2) is 0 Å². The highest BCUT2D eigenvalue weighted by Crippen LogP contribution is 2.37. The molecule has 1 aromatic heterocycles. The summed E-state index contributed by atoms with van der Waals surface area (Å²) in [6.45, 7) is 6.29. The Balaban J connectivity index is 1.60. The molecule has 0 saturated heterocycles. The Morgan fingerprint density at radius 1 is 0.844 bits per heavy atom. The topological polar surface area (TPSA) is 52.5 Å². The molecule has 4 aromatic rings. The molecule has 5 heteroatoms. The lowest BCUT2D eigenvalue weighted by Crippen LogP contribution is -2.13. The number of carbonyl (C=O) groups is 1. The predicted molar refractivity (Wildman–Crippen MR) is 126 cm³/mol. The van der Waals surface area contributed by atoms with Crippen molar-refractivity contribution >= 4 is 11.6 Å². The molecule has 0 atom stereocenters. The quantitative estimate of drug-likeness (QED) is 0.434. The van der Waals surface area contributed by atoms with Crippen molar-refractivity contribution in [3.63, 3.8) is 0 Å². The summed E-state index contributed by atoms with van der Waals surface area (Å²) in [5, 5.41) is 3.06. The maximum absolute atomic E-state index is 13.3.